The molecule has 0 bridgehead atoms. The number of aryl methyl sites for hydroxylation is 2. The normalized spacial score (nSPS) is 15.8. The maximum absolute atomic E-state index is 13.3. The third-order valence-electron chi connectivity index (χ3n) is 8.46. The van der Waals surface area contributed by atoms with Gasteiger partial charge in [0.1, 0.15) is 22.7 Å². The van der Waals surface area contributed by atoms with Crippen LogP contribution in [0.5, 0.6) is 0 Å². The van der Waals surface area contributed by atoms with Gasteiger partial charge in [-0.05, 0) is 94.1 Å². The Labute approximate surface area is 282 Å². The number of rotatable bonds is 4. The Kier molecular flexibility index (Phi) is 9.65. The van der Waals surface area contributed by atoms with E-state index in [9.17, 15) is 13.2 Å². The van der Waals surface area contributed by atoms with E-state index in [1.165, 1.54) is 18.7 Å². The fraction of sp³-hybridized carbons (Fsp3) is 0.394. The van der Waals surface area contributed by atoms with E-state index in [-0.39, 0.29) is 5.56 Å². The standard InChI is InChI=1S/C21H21BrF3N3O.C12H14BrN3O/c1-13-15(4-3-5-17(13)21(23,24)25)12-28-14(2)26-20-18(22)10-16(11-19(20)28)27-6-8-29-9-7-27;1-8-14-11-7-9(6-10(13)12(11)15-8)16-2-4-17-5-3-16/h3-5,10-11H,6-9,12H2,1-2H3;6-7H,2-5H2,1H3,(H,14,15). The van der Waals surface area contributed by atoms with Crippen molar-refractivity contribution < 1.29 is 22.6 Å². The van der Waals surface area contributed by atoms with Crippen molar-refractivity contribution in [1.82, 2.24) is 19.5 Å². The van der Waals surface area contributed by atoms with E-state index >= 15 is 0 Å². The molecule has 0 aliphatic carbocycles. The van der Waals surface area contributed by atoms with Crippen molar-refractivity contribution in [3.63, 3.8) is 0 Å². The predicted molar refractivity (Wildman–Crippen MR) is 182 cm³/mol. The lowest BCUT2D eigenvalue weighted by Gasteiger charge is -2.29. The molecule has 0 atom stereocenters. The lowest BCUT2D eigenvalue weighted by atomic mass is 10.0. The van der Waals surface area contributed by atoms with Crippen LogP contribution in [0, 0.1) is 20.8 Å². The summed E-state index contributed by atoms with van der Waals surface area (Å²) in [6.45, 7) is 12.2. The van der Waals surface area contributed by atoms with Gasteiger partial charge in [0.15, 0.2) is 0 Å². The monoisotopic (exact) mass is 762 g/mol. The summed E-state index contributed by atoms with van der Waals surface area (Å²) in [5.41, 5.74) is 6.36. The highest BCUT2D eigenvalue weighted by Crippen LogP contribution is 2.35. The molecule has 2 saturated heterocycles. The zero-order valence-electron chi connectivity index (χ0n) is 25.8. The summed E-state index contributed by atoms with van der Waals surface area (Å²) >= 11 is 7.20. The summed E-state index contributed by atoms with van der Waals surface area (Å²) in [6, 6.07) is 12.7. The van der Waals surface area contributed by atoms with Crippen LogP contribution >= 0.6 is 31.9 Å². The molecular weight excluding hydrogens is 729 g/mol. The number of hydrogen-bond donors (Lipinski definition) is 1. The van der Waals surface area contributed by atoms with E-state index in [0.29, 0.717) is 25.3 Å². The second kappa shape index (κ2) is 13.5. The number of hydrogen-bond acceptors (Lipinski definition) is 6. The molecule has 1 N–H and O–H groups in total. The molecule has 5 aromatic rings. The minimum atomic E-state index is -4.36. The van der Waals surface area contributed by atoms with Gasteiger partial charge < -0.3 is 28.8 Å². The molecule has 2 aliphatic heterocycles. The topological polar surface area (TPSA) is 71.4 Å². The van der Waals surface area contributed by atoms with Crippen LogP contribution in [0.2, 0.25) is 0 Å². The number of halogens is 5. The van der Waals surface area contributed by atoms with Gasteiger partial charge in [-0.1, -0.05) is 12.1 Å². The fourth-order valence-corrected chi connectivity index (χ4v) is 7.07. The van der Waals surface area contributed by atoms with E-state index in [1.807, 2.05) is 24.5 Å². The maximum Gasteiger partial charge on any atom is 0.416 e. The van der Waals surface area contributed by atoms with Crippen LogP contribution in [0.25, 0.3) is 22.1 Å². The van der Waals surface area contributed by atoms with E-state index in [1.54, 1.807) is 6.07 Å². The number of H-pyrrole nitrogens is 1. The first-order valence-electron chi connectivity index (χ1n) is 15.1. The quantitative estimate of drug-likeness (QED) is 0.202. The van der Waals surface area contributed by atoms with Gasteiger partial charge in [0.05, 0.1) is 43.0 Å². The van der Waals surface area contributed by atoms with Crippen LogP contribution in [0.15, 0.2) is 51.4 Å². The highest BCUT2D eigenvalue weighted by Gasteiger charge is 2.33. The first-order chi connectivity index (χ1) is 22.0. The van der Waals surface area contributed by atoms with Crippen molar-refractivity contribution in [2.45, 2.75) is 33.5 Å². The third kappa shape index (κ3) is 6.92. The molecule has 13 heteroatoms. The minimum absolute atomic E-state index is 0.254. The number of benzene rings is 3. The third-order valence-corrected chi connectivity index (χ3v) is 9.67. The van der Waals surface area contributed by atoms with Crippen molar-refractivity contribution in [2.24, 2.45) is 0 Å². The summed E-state index contributed by atoms with van der Waals surface area (Å²) in [6.07, 6.45) is -4.36. The van der Waals surface area contributed by atoms with Gasteiger partial charge in [-0.25, -0.2) is 9.97 Å². The molecule has 0 unspecified atom stereocenters. The Morgan fingerprint density at radius 3 is 2.00 bits per heavy atom. The van der Waals surface area contributed by atoms with Gasteiger partial charge in [0, 0.05) is 53.0 Å². The van der Waals surface area contributed by atoms with Crippen LogP contribution in [-0.4, -0.2) is 72.1 Å². The van der Waals surface area contributed by atoms with Crippen LogP contribution in [-0.2, 0) is 22.2 Å². The minimum Gasteiger partial charge on any atom is -0.378 e. The summed E-state index contributed by atoms with van der Waals surface area (Å²) in [5.74, 6) is 1.71. The first kappa shape index (κ1) is 32.8. The number of nitrogens with zero attached hydrogens (tertiary/aromatic N) is 5. The molecule has 244 valence electrons. The Bertz CT molecular complexity index is 1860. The average molecular weight is 764 g/mol. The molecule has 2 aliphatic rings. The van der Waals surface area contributed by atoms with Crippen molar-refractivity contribution in [3.8, 4) is 0 Å². The van der Waals surface area contributed by atoms with E-state index in [4.69, 9.17) is 9.47 Å². The molecule has 3 aromatic carbocycles. The van der Waals surface area contributed by atoms with Gasteiger partial charge in [-0.2, -0.15) is 13.2 Å². The Morgan fingerprint density at radius 1 is 0.804 bits per heavy atom. The largest absolute Gasteiger partial charge is 0.416 e. The molecule has 7 rings (SSSR count). The summed E-state index contributed by atoms with van der Waals surface area (Å²) in [5, 5.41) is 0. The number of alkyl halides is 3. The summed E-state index contributed by atoms with van der Waals surface area (Å²) in [7, 11) is 0. The van der Waals surface area contributed by atoms with Crippen molar-refractivity contribution in [3.05, 3.63) is 79.7 Å². The van der Waals surface area contributed by atoms with Crippen molar-refractivity contribution in [2.75, 3.05) is 62.4 Å². The molecule has 4 heterocycles. The molecule has 2 fully saturated rings. The van der Waals surface area contributed by atoms with Crippen LogP contribution in [0.1, 0.15) is 28.3 Å². The highest BCUT2D eigenvalue weighted by molar-refractivity contribution is 9.11. The lowest BCUT2D eigenvalue weighted by Crippen LogP contribution is -2.36. The van der Waals surface area contributed by atoms with Gasteiger partial charge in [0.2, 0.25) is 0 Å². The van der Waals surface area contributed by atoms with Crippen LogP contribution in [0.4, 0.5) is 24.5 Å². The molecule has 0 spiro atoms. The van der Waals surface area contributed by atoms with Crippen LogP contribution < -0.4 is 9.80 Å². The maximum atomic E-state index is 13.3. The summed E-state index contributed by atoms with van der Waals surface area (Å²) < 4.78 is 54.6. The number of imidazole rings is 2. The Hall–Kier alpha value is -3.13. The number of nitrogens with one attached hydrogen (secondary N) is 1. The van der Waals surface area contributed by atoms with Crippen LogP contribution in [0.3, 0.4) is 0 Å². The number of morpholine rings is 2. The number of aromatic nitrogens is 4. The SMILES string of the molecule is Cc1c(Cn2c(C)nc3c(Br)cc(N4CCOCC4)cc32)cccc1C(F)(F)F.Cc1nc2c(Br)cc(N3CCOCC3)cc2[nH]1. The molecule has 46 heavy (non-hydrogen) atoms. The zero-order chi connectivity index (χ0) is 32.6. The van der Waals surface area contributed by atoms with Gasteiger partial charge in [0.25, 0.3) is 0 Å². The molecule has 8 nitrogen and oxygen atoms in total. The average Bonchev–Trinajstić information content (AvgIpc) is 3.57. The molecule has 0 radical (unpaired) electrons. The first-order valence-corrected chi connectivity index (χ1v) is 16.7. The van der Waals surface area contributed by atoms with Gasteiger partial charge >= 0.3 is 6.18 Å². The molecule has 0 saturated carbocycles. The predicted octanol–water partition coefficient (Wildman–Crippen LogP) is 7.79. The molecule has 0 amide bonds. The molecule has 2 aromatic heterocycles. The highest BCUT2D eigenvalue weighted by atomic mass is 79.9. The number of aromatic amines is 1. The van der Waals surface area contributed by atoms with E-state index < -0.39 is 11.7 Å². The number of anilines is 2. The van der Waals surface area contributed by atoms with E-state index in [0.717, 1.165) is 93.8 Å². The second-order valence-corrected chi connectivity index (χ2v) is 13.2. The molecular formula is C33H35Br2F3N6O2. The van der Waals surface area contributed by atoms with Gasteiger partial charge in [-0.3, -0.25) is 0 Å². The Balaban J connectivity index is 0.000000185. The van der Waals surface area contributed by atoms with Crippen molar-refractivity contribution >= 4 is 65.3 Å². The number of ether oxygens (including phenoxy) is 2. The van der Waals surface area contributed by atoms with E-state index in [2.05, 4.69) is 74.8 Å². The fourth-order valence-electron chi connectivity index (χ4n) is 6.01. The zero-order valence-corrected chi connectivity index (χ0v) is 29.0. The lowest BCUT2D eigenvalue weighted by molar-refractivity contribution is -0.138. The van der Waals surface area contributed by atoms with Crippen molar-refractivity contribution in [1.29, 1.82) is 0 Å². The number of fused-ring (bicyclic) bond motifs is 2. The van der Waals surface area contributed by atoms with Gasteiger partial charge in [-0.15, -0.1) is 0 Å². The second-order valence-electron chi connectivity index (χ2n) is 11.5. The Morgan fingerprint density at radius 2 is 1.39 bits per heavy atom. The smallest absolute Gasteiger partial charge is 0.378 e. The summed E-state index contributed by atoms with van der Waals surface area (Å²) in [4.78, 5) is 17.0.